The second kappa shape index (κ2) is 5.25. The molecule has 1 saturated carbocycles. The number of likely N-dealkylation sites (tertiary alicyclic amines) is 1. The fraction of sp³-hybridized carbons (Fsp3) is 1.00. The van der Waals surface area contributed by atoms with Crippen LogP contribution in [-0.4, -0.2) is 49.3 Å². The molecule has 2 saturated heterocycles. The van der Waals surface area contributed by atoms with Crippen LogP contribution in [0.1, 0.15) is 39.0 Å². The number of ether oxygens (including phenoxy) is 1. The van der Waals surface area contributed by atoms with Crippen molar-refractivity contribution in [2.75, 3.05) is 26.3 Å². The molecule has 3 heteroatoms. The van der Waals surface area contributed by atoms with Gasteiger partial charge < -0.3 is 10.1 Å². The summed E-state index contributed by atoms with van der Waals surface area (Å²) >= 11 is 0. The normalized spacial score (nSPS) is 40.4. The lowest BCUT2D eigenvalue weighted by atomic mass is 9.93. The van der Waals surface area contributed by atoms with Crippen LogP contribution in [0.2, 0.25) is 0 Å². The van der Waals surface area contributed by atoms with Crippen LogP contribution in [-0.2, 0) is 4.74 Å². The molecule has 1 N–H and O–H groups in total. The van der Waals surface area contributed by atoms with Crippen molar-refractivity contribution in [3.8, 4) is 0 Å². The summed E-state index contributed by atoms with van der Waals surface area (Å²) in [4.78, 5) is 2.73. The fourth-order valence-corrected chi connectivity index (χ4v) is 3.44. The second-order valence-corrected chi connectivity index (χ2v) is 6.18. The molecule has 98 valence electrons. The molecule has 3 aliphatic rings. The Labute approximate surface area is 105 Å². The number of nitrogens with zero attached hydrogens (tertiary/aromatic N) is 1. The molecule has 3 atom stereocenters. The molecule has 0 bridgehead atoms. The number of hydrogen-bond donors (Lipinski definition) is 1. The van der Waals surface area contributed by atoms with E-state index in [4.69, 9.17) is 4.74 Å². The molecular formula is C14H26N2O. The van der Waals surface area contributed by atoms with Gasteiger partial charge in [-0.15, -0.1) is 0 Å². The molecule has 2 aliphatic heterocycles. The third-order valence-corrected chi connectivity index (χ3v) is 4.57. The molecule has 0 amide bonds. The van der Waals surface area contributed by atoms with E-state index in [-0.39, 0.29) is 0 Å². The van der Waals surface area contributed by atoms with Crippen LogP contribution in [0, 0.1) is 5.92 Å². The van der Waals surface area contributed by atoms with Gasteiger partial charge in [-0.2, -0.15) is 0 Å². The standard InChI is InChI=1S/C14H26N2O/c1-11-10-17-8-6-14(11)16-7-2-3-13(9-16)15-12-4-5-12/h11-15H,2-10H2,1H3. The van der Waals surface area contributed by atoms with Gasteiger partial charge in [0.15, 0.2) is 0 Å². The maximum absolute atomic E-state index is 5.56. The fourth-order valence-electron chi connectivity index (χ4n) is 3.44. The zero-order valence-corrected chi connectivity index (χ0v) is 11.0. The molecule has 0 aromatic rings. The highest BCUT2D eigenvalue weighted by molar-refractivity contribution is 4.90. The average molecular weight is 238 g/mol. The molecule has 3 unspecified atom stereocenters. The summed E-state index contributed by atoms with van der Waals surface area (Å²) in [7, 11) is 0. The van der Waals surface area contributed by atoms with E-state index < -0.39 is 0 Å². The molecule has 2 heterocycles. The lowest BCUT2D eigenvalue weighted by Gasteiger charge is -2.43. The maximum atomic E-state index is 5.56. The molecule has 0 aromatic heterocycles. The van der Waals surface area contributed by atoms with Crippen LogP contribution in [0.4, 0.5) is 0 Å². The van der Waals surface area contributed by atoms with Gasteiger partial charge in [-0.3, -0.25) is 4.90 Å². The van der Waals surface area contributed by atoms with Crippen LogP contribution in [0.5, 0.6) is 0 Å². The second-order valence-electron chi connectivity index (χ2n) is 6.18. The van der Waals surface area contributed by atoms with E-state index in [0.717, 1.165) is 31.3 Å². The van der Waals surface area contributed by atoms with E-state index in [0.29, 0.717) is 5.92 Å². The highest BCUT2D eigenvalue weighted by atomic mass is 16.5. The van der Waals surface area contributed by atoms with Gasteiger partial charge in [0.25, 0.3) is 0 Å². The first-order chi connectivity index (χ1) is 8.33. The lowest BCUT2D eigenvalue weighted by molar-refractivity contribution is -0.0158. The van der Waals surface area contributed by atoms with E-state index in [2.05, 4.69) is 17.1 Å². The Balaban J connectivity index is 1.54. The summed E-state index contributed by atoms with van der Waals surface area (Å²) in [5.74, 6) is 0.712. The van der Waals surface area contributed by atoms with E-state index in [1.165, 1.54) is 45.2 Å². The van der Waals surface area contributed by atoms with Gasteiger partial charge in [-0.25, -0.2) is 0 Å². The van der Waals surface area contributed by atoms with Crippen molar-refractivity contribution < 1.29 is 4.74 Å². The van der Waals surface area contributed by atoms with Crippen molar-refractivity contribution in [3.05, 3.63) is 0 Å². The topological polar surface area (TPSA) is 24.5 Å². The van der Waals surface area contributed by atoms with E-state index in [1.54, 1.807) is 0 Å². The van der Waals surface area contributed by atoms with Crippen LogP contribution >= 0.6 is 0 Å². The highest BCUT2D eigenvalue weighted by Crippen LogP contribution is 2.26. The van der Waals surface area contributed by atoms with Crippen LogP contribution in [0.3, 0.4) is 0 Å². The Morgan fingerprint density at radius 3 is 2.76 bits per heavy atom. The molecule has 0 spiro atoms. The van der Waals surface area contributed by atoms with Gasteiger partial charge in [0.2, 0.25) is 0 Å². The zero-order chi connectivity index (χ0) is 11.7. The Morgan fingerprint density at radius 2 is 2.00 bits per heavy atom. The number of hydrogen-bond acceptors (Lipinski definition) is 3. The van der Waals surface area contributed by atoms with E-state index in [1.807, 2.05) is 0 Å². The lowest BCUT2D eigenvalue weighted by Crippen LogP contribution is -2.53. The molecular weight excluding hydrogens is 212 g/mol. The number of nitrogens with one attached hydrogen (secondary N) is 1. The summed E-state index contributed by atoms with van der Waals surface area (Å²) in [6.45, 7) is 6.85. The Hall–Kier alpha value is -0.120. The van der Waals surface area contributed by atoms with Gasteiger partial charge in [0, 0.05) is 31.3 Å². The van der Waals surface area contributed by atoms with Gasteiger partial charge >= 0.3 is 0 Å². The van der Waals surface area contributed by atoms with Crippen LogP contribution in [0.25, 0.3) is 0 Å². The molecule has 0 aromatic carbocycles. The summed E-state index contributed by atoms with van der Waals surface area (Å²) in [6.07, 6.45) is 6.80. The van der Waals surface area contributed by atoms with Crippen molar-refractivity contribution in [1.82, 2.24) is 10.2 Å². The molecule has 3 fully saturated rings. The molecule has 0 radical (unpaired) electrons. The molecule has 3 nitrogen and oxygen atoms in total. The zero-order valence-electron chi connectivity index (χ0n) is 11.0. The summed E-state index contributed by atoms with van der Waals surface area (Å²) < 4.78 is 5.56. The number of rotatable bonds is 3. The van der Waals surface area contributed by atoms with Gasteiger partial charge in [0.1, 0.15) is 0 Å². The Kier molecular flexibility index (Phi) is 3.69. The number of piperidine rings is 1. The quantitative estimate of drug-likeness (QED) is 0.809. The van der Waals surface area contributed by atoms with Crippen LogP contribution < -0.4 is 5.32 Å². The van der Waals surface area contributed by atoms with Crippen LogP contribution in [0.15, 0.2) is 0 Å². The Bertz CT molecular complexity index is 255. The highest BCUT2D eigenvalue weighted by Gasteiger charge is 2.33. The Morgan fingerprint density at radius 1 is 1.12 bits per heavy atom. The third kappa shape index (κ3) is 3.01. The van der Waals surface area contributed by atoms with E-state index >= 15 is 0 Å². The van der Waals surface area contributed by atoms with Crippen molar-refractivity contribution >= 4 is 0 Å². The predicted molar refractivity (Wildman–Crippen MR) is 69.1 cm³/mol. The third-order valence-electron chi connectivity index (χ3n) is 4.57. The maximum Gasteiger partial charge on any atom is 0.0506 e. The molecule has 17 heavy (non-hydrogen) atoms. The predicted octanol–water partition coefficient (Wildman–Crippen LogP) is 1.63. The summed E-state index contributed by atoms with van der Waals surface area (Å²) in [5, 5.41) is 3.80. The largest absolute Gasteiger partial charge is 0.381 e. The molecule has 1 aliphatic carbocycles. The first kappa shape index (κ1) is 11.9. The minimum absolute atomic E-state index is 0.712. The van der Waals surface area contributed by atoms with Crippen molar-refractivity contribution in [2.45, 2.75) is 57.2 Å². The summed E-state index contributed by atoms with van der Waals surface area (Å²) in [5.41, 5.74) is 0. The monoisotopic (exact) mass is 238 g/mol. The van der Waals surface area contributed by atoms with E-state index in [9.17, 15) is 0 Å². The first-order valence-electron chi connectivity index (χ1n) is 7.41. The van der Waals surface area contributed by atoms with Gasteiger partial charge in [0.05, 0.1) is 6.61 Å². The summed E-state index contributed by atoms with van der Waals surface area (Å²) in [6, 6.07) is 2.38. The average Bonchev–Trinajstić information content (AvgIpc) is 3.14. The van der Waals surface area contributed by atoms with Crippen molar-refractivity contribution in [1.29, 1.82) is 0 Å². The minimum atomic E-state index is 0.712. The molecule has 3 rings (SSSR count). The minimum Gasteiger partial charge on any atom is -0.381 e. The van der Waals surface area contributed by atoms with Gasteiger partial charge in [-0.05, 0) is 44.6 Å². The van der Waals surface area contributed by atoms with Gasteiger partial charge in [-0.1, -0.05) is 6.92 Å². The SMILES string of the molecule is CC1COCCC1N1CCCC(NC2CC2)C1. The van der Waals surface area contributed by atoms with Crippen molar-refractivity contribution in [2.24, 2.45) is 5.92 Å². The first-order valence-corrected chi connectivity index (χ1v) is 7.41. The van der Waals surface area contributed by atoms with Crippen molar-refractivity contribution in [3.63, 3.8) is 0 Å². The smallest absolute Gasteiger partial charge is 0.0506 e.